The Morgan fingerprint density at radius 2 is 2.20 bits per heavy atom. The fraction of sp³-hybridized carbons (Fsp3) is 0.571. The Kier molecular flexibility index (Phi) is 4.46. The van der Waals surface area contributed by atoms with Crippen LogP contribution in [0, 0.1) is 0 Å². The van der Waals surface area contributed by atoms with E-state index in [1.54, 1.807) is 12.4 Å². The standard InChI is InChI=1S/C14H19BrN2O3/c1-13(2,3)20-12(18)7-19-14(8-17-9-14)10-4-5-16-6-11(10)15/h4-6,17H,7-9H2,1-3H3. The molecular weight excluding hydrogens is 324 g/mol. The molecule has 0 atom stereocenters. The molecule has 0 radical (unpaired) electrons. The van der Waals surface area contributed by atoms with Gasteiger partial charge in [-0.05, 0) is 42.8 Å². The van der Waals surface area contributed by atoms with Gasteiger partial charge in [0.25, 0.3) is 0 Å². The highest BCUT2D eigenvalue weighted by Gasteiger charge is 2.42. The largest absolute Gasteiger partial charge is 0.458 e. The van der Waals surface area contributed by atoms with E-state index in [0.29, 0.717) is 13.1 Å². The van der Waals surface area contributed by atoms with Gasteiger partial charge in [-0.2, -0.15) is 0 Å². The summed E-state index contributed by atoms with van der Waals surface area (Å²) in [7, 11) is 0. The lowest BCUT2D eigenvalue weighted by Crippen LogP contribution is -2.59. The third-order valence-electron chi connectivity index (χ3n) is 2.97. The minimum absolute atomic E-state index is 0.0618. The van der Waals surface area contributed by atoms with Crippen LogP contribution in [0.25, 0.3) is 0 Å². The first-order valence-corrected chi connectivity index (χ1v) is 7.28. The lowest BCUT2D eigenvalue weighted by Gasteiger charge is -2.43. The molecule has 2 heterocycles. The summed E-state index contributed by atoms with van der Waals surface area (Å²) in [6.07, 6.45) is 3.45. The number of carbonyl (C=O) groups is 1. The van der Waals surface area contributed by atoms with Crippen molar-refractivity contribution in [3.8, 4) is 0 Å². The SMILES string of the molecule is CC(C)(C)OC(=O)COC1(c2ccncc2Br)CNC1. The van der Waals surface area contributed by atoms with E-state index < -0.39 is 11.2 Å². The summed E-state index contributed by atoms with van der Waals surface area (Å²) in [6, 6.07) is 1.90. The smallest absolute Gasteiger partial charge is 0.332 e. The Labute approximate surface area is 127 Å². The lowest BCUT2D eigenvalue weighted by atomic mass is 9.88. The van der Waals surface area contributed by atoms with Crippen molar-refractivity contribution in [3.05, 3.63) is 28.5 Å². The molecule has 1 fully saturated rings. The van der Waals surface area contributed by atoms with Crippen LogP contribution in [-0.2, 0) is 19.9 Å². The fourth-order valence-electron chi connectivity index (χ4n) is 2.04. The van der Waals surface area contributed by atoms with E-state index >= 15 is 0 Å². The van der Waals surface area contributed by atoms with Crippen LogP contribution in [0.3, 0.4) is 0 Å². The maximum atomic E-state index is 11.8. The van der Waals surface area contributed by atoms with Crippen molar-refractivity contribution in [2.75, 3.05) is 19.7 Å². The topological polar surface area (TPSA) is 60.5 Å². The summed E-state index contributed by atoms with van der Waals surface area (Å²) in [6.45, 7) is 6.78. The molecule has 1 aromatic heterocycles. The van der Waals surface area contributed by atoms with E-state index in [9.17, 15) is 4.79 Å². The molecule has 0 amide bonds. The molecule has 6 heteroatoms. The Morgan fingerprint density at radius 3 is 2.70 bits per heavy atom. The Morgan fingerprint density at radius 1 is 1.50 bits per heavy atom. The minimum Gasteiger partial charge on any atom is -0.458 e. The lowest BCUT2D eigenvalue weighted by molar-refractivity contribution is -0.171. The van der Waals surface area contributed by atoms with Gasteiger partial charge in [0, 0.05) is 35.5 Å². The molecule has 2 rings (SSSR count). The molecular formula is C14H19BrN2O3. The number of carbonyl (C=O) groups excluding carboxylic acids is 1. The van der Waals surface area contributed by atoms with Crippen molar-refractivity contribution < 1.29 is 14.3 Å². The van der Waals surface area contributed by atoms with Crippen LogP contribution >= 0.6 is 15.9 Å². The zero-order valence-corrected chi connectivity index (χ0v) is 13.5. The highest BCUT2D eigenvalue weighted by Crippen LogP contribution is 2.34. The van der Waals surface area contributed by atoms with Gasteiger partial charge in [-0.1, -0.05) is 0 Å². The first-order valence-electron chi connectivity index (χ1n) is 6.49. The van der Waals surface area contributed by atoms with E-state index in [0.717, 1.165) is 10.0 Å². The van der Waals surface area contributed by atoms with Crippen molar-refractivity contribution in [3.63, 3.8) is 0 Å². The molecule has 20 heavy (non-hydrogen) atoms. The summed E-state index contributed by atoms with van der Waals surface area (Å²) in [4.78, 5) is 15.8. The van der Waals surface area contributed by atoms with Gasteiger partial charge in [-0.3, -0.25) is 4.98 Å². The predicted octanol–water partition coefficient (Wildman–Crippen LogP) is 2.00. The number of esters is 1. The Bertz CT molecular complexity index is 495. The molecule has 1 aliphatic rings. The van der Waals surface area contributed by atoms with Crippen LogP contribution in [0.5, 0.6) is 0 Å². The summed E-state index contributed by atoms with van der Waals surface area (Å²) >= 11 is 3.48. The average molecular weight is 343 g/mol. The predicted molar refractivity (Wildman–Crippen MR) is 78.3 cm³/mol. The van der Waals surface area contributed by atoms with Crippen molar-refractivity contribution in [1.29, 1.82) is 0 Å². The van der Waals surface area contributed by atoms with Gasteiger partial charge in [0.05, 0.1) is 0 Å². The molecule has 0 saturated carbocycles. The molecule has 0 aliphatic carbocycles. The van der Waals surface area contributed by atoms with Crippen LogP contribution in [0.2, 0.25) is 0 Å². The van der Waals surface area contributed by atoms with E-state index in [-0.39, 0.29) is 12.6 Å². The van der Waals surface area contributed by atoms with Crippen LogP contribution < -0.4 is 5.32 Å². The molecule has 0 bridgehead atoms. The zero-order chi connectivity index (χ0) is 14.8. The van der Waals surface area contributed by atoms with Crippen LogP contribution in [0.1, 0.15) is 26.3 Å². The number of hydrogen-bond acceptors (Lipinski definition) is 5. The summed E-state index contributed by atoms with van der Waals surface area (Å²) in [5.41, 5.74) is 0.0105. The number of aromatic nitrogens is 1. The zero-order valence-electron chi connectivity index (χ0n) is 11.9. The molecule has 0 unspecified atom stereocenters. The fourth-order valence-corrected chi connectivity index (χ4v) is 2.65. The second-order valence-electron chi connectivity index (χ2n) is 5.83. The molecule has 110 valence electrons. The first-order chi connectivity index (χ1) is 9.32. The third kappa shape index (κ3) is 3.56. The summed E-state index contributed by atoms with van der Waals surface area (Å²) in [5.74, 6) is -0.353. The van der Waals surface area contributed by atoms with Crippen molar-refractivity contribution >= 4 is 21.9 Å². The second kappa shape index (κ2) is 5.79. The highest BCUT2D eigenvalue weighted by atomic mass is 79.9. The van der Waals surface area contributed by atoms with Gasteiger partial charge in [0.2, 0.25) is 0 Å². The monoisotopic (exact) mass is 342 g/mol. The molecule has 5 nitrogen and oxygen atoms in total. The Balaban J connectivity index is 2.03. The first kappa shape index (κ1) is 15.4. The normalized spacial score (nSPS) is 17.4. The van der Waals surface area contributed by atoms with Gasteiger partial charge >= 0.3 is 5.97 Å². The van der Waals surface area contributed by atoms with Crippen molar-refractivity contribution in [2.45, 2.75) is 32.0 Å². The highest BCUT2D eigenvalue weighted by molar-refractivity contribution is 9.10. The van der Waals surface area contributed by atoms with E-state index in [4.69, 9.17) is 9.47 Å². The van der Waals surface area contributed by atoms with Crippen LogP contribution in [0.15, 0.2) is 22.9 Å². The quantitative estimate of drug-likeness (QED) is 0.848. The number of pyridine rings is 1. The molecule has 1 saturated heterocycles. The van der Waals surface area contributed by atoms with Crippen LogP contribution in [0.4, 0.5) is 0 Å². The number of ether oxygens (including phenoxy) is 2. The van der Waals surface area contributed by atoms with E-state index in [1.807, 2.05) is 26.8 Å². The number of halogens is 1. The molecule has 1 aromatic rings. The van der Waals surface area contributed by atoms with Gasteiger partial charge in [0.1, 0.15) is 17.8 Å². The second-order valence-corrected chi connectivity index (χ2v) is 6.68. The maximum Gasteiger partial charge on any atom is 0.332 e. The Hall–Kier alpha value is -0.980. The van der Waals surface area contributed by atoms with Gasteiger partial charge < -0.3 is 14.8 Å². The van der Waals surface area contributed by atoms with Crippen molar-refractivity contribution in [1.82, 2.24) is 10.3 Å². The van der Waals surface area contributed by atoms with E-state index in [1.165, 1.54) is 0 Å². The van der Waals surface area contributed by atoms with Crippen LogP contribution in [-0.4, -0.2) is 36.3 Å². The molecule has 0 spiro atoms. The third-order valence-corrected chi connectivity index (χ3v) is 3.60. The number of nitrogens with zero attached hydrogens (tertiary/aromatic N) is 1. The van der Waals surface area contributed by atoms with Gasteiger partial charge in [0.15, 0.2) is 0 Å². The average Bonchev–Trinajstić information content (AvgIpc) is 2.27. The van der Waals surface area contributed by atoms with Gasteiger partial charge in [-0.15, -0.1) is 0 Å². The minimum atomic E-state index is -0.497. The molecule has 1 N–H and O–H groups in total. The number of nitrogens with one attached hydrogen (secondary N) is 1. The summed E-state index contributed by atoms with van der Waals surface area (Å²) < 4.78 is 12.0. The number of rotatable bonds is 4. The van der Waals surface area contributed by atoms with E-state index in [2.05, 4.69) is 26.2 Å². The maximum absolute atomic E-state index is 11.8. The summed E-state index contributed by atoms with van der Waals surface area (Å²) in [5, 5.41) is 3.18. The number of hydrogen-bond donors (Lipinski definition) is 1. The van der Waals surface area contributed by atoms with Gasteiger partial charge in [-0.25, -0.2) is 4.79 Å². The van der Waals surface area contributed by atoms with Crippen molar-refractivity contribution in [2.24, 2.45) is 0 Å². The molecule has 1 aliphatic heterocycles. The molecule has 0 aromatic carbocycles.